The summed E-state index contributed by atoms with van der Waals surface area (Å²) in [7, 11) is 3.00. The number of aldehydes is 1. The number of nitrogens with zero attached hydrogens (tertiary/aromatic N) is 5. The van der Waals surface area contributed by atoms with Crippen LogP contribution in [-0.2, 0) is 6.54 Å². The summed E-state index contributed by atoms with van der Waals surface area (Å²) in [5.74, 6) is 2.40. The number of phenolic OH excluding ortho intramolecular Hbond substituents is 2. The Kier molecular flexibility index (Phi) is 14.5. The zero-order valence-corrected chi connectivity index (χ0v) is 31.3. The van der Waals surface area contributed by atoms with E-state index in [4.69, 9.17) is 9.47 Å². The van der Waals surface area contributed by atoms with Gasteiger partial charge in [-0.3, -0.25) is 19.3 Å². The molecule has 2 aromatic carbocycles. The highest BCUT2D eigenvalue weighted by molar-refractivity contribution is 14.1. The average molecular weight is 901 g/mol. The number of phenols is 2. The minimum Gasteiger partial charge on any atom is -0.504 e. The molecule has 6 rings (SSSR count). The molecule has 4 heterocycles. The Morgan fingerprint density at radius 1 is 0.755 bits per heavy atom. The maximum absolute atomic E-state index is 11.4. The van der Waals surface area contributed by atoms with Gasteiger partial charge in [-0.15, -0.1) is 0 Å². The molecule has 0 bridgehead atoms. The molecule has 49 heavy (non-hydrogen) atoms. The van der Waals surface area contributed by atoms with Gasteiger partial charge >= 0.3 is 0 Å². The standard InChI is InChI=1S/C16H19IN4O3.C8H7IO3.C8H12N4O/c1-24-13-7-12(17)6-11(16(13)23)9-20-2-4-21(5-3-20)14-8-15(22)19-10-18-14;1-12-7-3-6(9)2-5(4-10)8(7)11;13-8-5-7(10-6-11-8)12-3-1-9-2-4-12/h6-8,10,23H,2-5,9H2,1H3,(H,18,19,22);2-4,11H,1H3;5-6,9H,1-4H2,(H,10,11,13). The second-order valence-electron chi connectivity index (χ2n) is 10.8. The van der Waals surface area contributed by atoms with Crippen LogP contribution in [0.4, 0.5) is 11.6 Å². The van der Waals surface area contributed by atoms with E-state index in [0.717, 1.165) is 70.9 Å². The molecule has 0 saturated carbocycles. The molecule has 0 amide bonds. The fourth-order valence-electron chi connectivity index (χ4n) is 5.08. The van der Waals surface area contributed by atoms with Gasteiger partial charge in [0.15, 0.2) is 29.3 Å². The molecular weight excluding hydrogens is 862 g/mol. The number of H-pyrrole nitrogens is 2. The van der Waals surface area contributed by atoms with Crippen molar-refractivity contribution in [3.05, 3.63) is 88.0 Å². The molecule has 5 N–H and O–H groups in total. The highest BCUT2D eigenvalue weighted by atomic mass is 127. The van der Waals surface area contributed by atoms with E-state index < -0.39 is 0 Å². The van der Waals surface area contributed by atoms with Crippen molar-refractivity contribution in [3.63, 3.8) is 0 Å². The molecule has 2 aliphatic heterocycles. The monoisotopic (exact) mass is 900 g/mol. The van der Waals surface area contributed by atoms with E-state index in [9.17, 15) is 24.6 Å². The number of nitrogens with one attached hydrogen (secondary N) is 3. The Balaban J connectivity index is 0.000000182. The number of hydrogen-bond acceptors (Lipinski definition) is 13. The Hall–Kier alpha value is -3.95. The van der Waals surface area contributed by atoms with Gasteiger partial charge in [-0.2, -0.15) is 0 Å². The molecule has 0 radical (unpaired) electrons. The lowest BCUT2D eigenvalue weighted by atomic mass is 10.1. The van der Waals surface area contributed by atoms with Crippen LogP contribution in [0.2, 0.25) is 0 Å². The van der Waals surface area contributed by atoms with Crippen molar-refractivity contribution in [1.82, 2.24) is 30.2 Å². The van der Waals surface area contributed by atoms with Crippen LogP contribution in [0.3, 0.4) is 0 Å². The van der Waals surface area contributed by atoms with Gasteiger partial charge in [-0.1, -0.05) is 0 Å². The number of methoxy groups -OCH3 is 2. The zero-order valence-electron chi connectivity index (χ0n) is 27.0. The van der Waals surface area contributed by atoms with Crippen molar-refractivity contribution in [2.75, 3.05) is 76.4 Å². The number of rotatable bonds is 7. The summed E-state index contributed by atoms with van der Waals surface area (Å²) < 4.78 is 12.0. The van der Waals surface area contributed by atoms with Gasteiger partial charge in [0, 0.05) is 83.7 Å². The molecule has 2 aliphatic rings. The molecule has 0 aliphatic carbocycles. The molecule has 2 saturated heterocycles. The Morgan fingerprint density at radius 2 is 1.27 bits per heavy atom. The SMILES string of the molecule is COc1cc(I)cc(C=O)c1O.COc1cc(I)cc(CN2CCN(c3cc(=O)[nH]cn3)CC2)c1O.O=c1cc(N2CCNCC2)nc[nH]1. The van der Waals surface area contributed by atoms with Crippen molar-refractivity contribution in [1.29, 1.82) is 0 Å². The second kappa shape index (κ2) is 18.7. The Bertz CT molecular complexity index is 1810. The fraction of sp³-hybridized carbons (Fsp3) is 0.344. The molecule has 17 heteroatoms. The first kappa shape index (κ1) is 37.9. The fourth-order valence-corrected chi connectivity index (χ4v) is 6.35. The largest absolute Gasteiger partial charge is 0.504 e. The lowest BCUT2D eigenvalue weighted by Gasteiger charge is -2.35. The summed E-state index contributed by atoms with van der Waals surface area (Å²) in [6.45, 7) is 7.64. The molecule has 0 atom stereocenters. The van der Waals surface area contributed by atoms with Crippen LogP contribution in [0.25, 0.3) is 0 Å². The average Bonchev–Trinajstić information content (AvgIpc) is 3.11. The molecule has 0 spiro atoms. The molecule has 2 fully saturated rings. The van der Waals surface area contributed by atoms with Gasteiger partial charge in [-0.25, -0.2) is 9.97 Å². The normalized spacial score (nSPS) is 14.5. The van der Waals surface area contributed by atoms with Crippen LogP contribution in [-0.4, -0.2) is 108 Å². The molecule has 4 aromatic rings. The van der Waals surface area contributed by atoms with E-state index in [2.05, 4.69) is 62.5 Å². The minimum atomic E-state index is -0.140. The third-order valence-electron chi connectivity index (χ3n) is 7.61. The van der Waals surface area contributed by atoms with Crippen molar-refractivity contribution in [2.24, 2.45) is 0 Å². The molecule has 2 aromatic heterocycles. The molecule has 0 unspecified atom stereocenters. The maximum Gasteiger partial charge on any atom is 0.252 e. The van der Waals surface area contributed by atoms with E-state index in [0.29, 0.717) is 30.1 Å². The highest BCUT2D eigenvalue weighted by Crippen LogP contribution is 2.33. The number of anilines is 2. The third-order valence-corrected chi connectivity index (χ3v) is 8.86. The van der Waals surface area contributed by atoms with Crippen molar-refractivity contribution >= 4 is 63.1 Å². The van der Waals surface area contributed by atoms with Crippen molar-refractivity contribution < 1.29 is 24.5 Å². The Morgan fingerprint density at radius 3 is 1.78 bits per heavy atom. The maximum atomic E-state index is 11.4. The van der Waals surface area contributed by atoms with E-state index in [-0.39, 0.29) is 28.2 Å². The number of ether oxygens (including phenoxy) is 2. The summed E-state index contributed by atoms with van der Waals surface area (Å²) >= 11 is 4.26. The van der Waals surface area contributed by atoms with Crippen LogP contribution < -0.4 is 35.7 Å². The van der Waals surface area contributed by atoms with Gasteiger partial charge in [0.2, 0.25) is 0 Å². The van der Waals surface area contributed by atoms with Crippen molar-refractivity contribution in [2.45, 2.75) is 6.54 Å². The predicted octanol–water partition coefficient (Wildman–Crippen LogP) is 2.41. The second-order valence-corrected chi connectivity index (χ2v) is 13.3. The number of aromatic amines is 2. The summed E-state index contributed by atoms with van der Waals surface area (Å²) in [6, 6.07) is 10.1. The van der Waals surface area contributed by atoms with Gasteiger partial charge in [0.1, 0.15) is 11.6 Å². The summed E-state index contributed by atoms with van der Waals surface area (Å²) in [4.78, 5) is 52.6. The highest BCUT2D eigenvalue weighted by Gasteiger charge is 2.20. The number of aromatic nitrogens is 4. The van der Waals surface area contributed by atoms with E-state index >= 15 is 0 Å². The number of carbonyl (C=O) groups excluding carboxylic acids is 1. The van der Waals surface area contributed by atoms with E-state index in [1.54, 1.807) is 19.2 Å². The van der Waals surface area contributed by atoms with E-state index in [1.807, 2.05) is 34.7 Å². The summed E-state index contributed by atoms with van der Waals surface area (Å²) in [5, 5.41) is 22.9. The molecular formula is C32H38I2N8O7. The lowest BCUT2D eigenvalue weighted by Crippen LogP contribution is -2.46. The summed E-state index contributed by atoms with van der Waals surface area (Å²) in [6.07, 6.45) is 3.47. The number of hydrogen-bond donors (Lipinski definition) is 5. The predicted molar refractivity (Wildman–Crippen MR) is 202 cm³/mol. The van der Waals surface area contributed by atoms with Crippen LogP contribution in [0.5, 0.6) is 23.0 Å². The summed E-state index contributed by atoms with van der Waals surface area (Å²) in [5.41, 5.74) is 0.877. The minimum absolute atomic E-state index is 0.0940. The topological polar surface area (TPSA) is 189 Å². The van der Waals surface area contributed by atoms with Gasteiger partial charge in [0.05, 0.1) is 32.4 Å². The first-order valence-electron chi connectivity index (χ1n) is 15.2. The molecule has 262 valence electrons. The van der Waals surface area contributed by atoms with Gasteiger partial charge < -0.3 is 44.8 Å². The molecule has 15 nitrogen and oxygen atoms in total. The van der Waals surface area contributed by atoms with Crippen LogP contribution in [0.15, 0.2) is 58.6 Å². The number of benzene rings is 2. The lowest BCUT2D eigenvalue weighted by molar-refractivity contribution is 0.112. The van der Waals surface area contributed by atoms with Crippen LogP contribution >= 0.6 is 45.2 Å². The van der Waals surface area contributed by atoms with Crippen LogP contribution in [0, 0.1) is 7.14 Å². The van der Waals surface area contributed by atoms with Crippen molar-refractivity contribution in [3.8, 4) is 23.0 Å². The number of aromatic hydroxyl groups is 2. The van der Waals surface area contributed by atoms with Crippen LogP contribution in [0.1, 0.15) is 15.9 Å². The number of piperazine rings is 2. The van der Waals surface area contributed by atoms with E-state index in [1.165, 1.54) is 31.9 Å². The first-order chi connectivity index (χ1) is 23.6. The zero-order chi connectivity index (χ0) is 35.3. The number of halogens is 2. The smallest absolute Gasteiger partial charge is 0.252 e. The Labute approximate surface area is 310 Å². The van der Waals surface area contributed by atoms with Gasteiger partial charge in [-0.05, 0) is 69.4 Å². The number of carbonyl (C=O) groups is 1. The quantitative estimate of drug-likeness (QED) is 0.135. The van der Waals surface area contributed by atoms with Gasteiger partial charge in [0.25, 0.3) is 11.1 Å². The first-order valence-corrected chi connectivity index (χ1v) is 17.4. The third kappa shape index (κ3) is 11.0.